The maximum Gasteiger partial charge on any atom is 0.251 e. The highest BCUT2D eigenvalue weighted by Crippen LogP contribution is 2.18. The molecule has 2 aliphatic rings. The zero-order valence-corrected chi connectivity index (χ0v) is 17.4. The van der Waals surface area contributed by atoms with Crippen LogP contribution in [0.25, 0.3) is 0 Å². The number of carbonyl (C=O) groups excluding carboxylic acids is 1. The molecule has 28 heavy (non-hydrogen) atoms. The molecule has 1 N–H and O–H groups in total. The van der Waals surface area contributed by atoms with Gasteiger partial charge in [-0.25, -0.2) is 8.42 Å². The van der Waals surface area contributed by atoms with Crippen molar-refractivity contribution >= 4 is 15.9 Å². The number of hydrogen-bond donors (Lipinski definition) is 1. The molecule has 1 aromatic carbocycles. The van der Waals surface area contributed by atoms with Crippen molar-refractivity contribution in [2.75, 3.05) is 52.5 Å². The standard InChI is InChI=1S/C20H31N3O4S/c1-17-5-3-9-22(16-17)10-4-8-21-20(24)18-6-2-7-19(15-18)28(25,26)23-11-13-27-14-12-23/h2,6-7,15,17H,3-5,8-14,16H2,1H3,(H,21,24)/t17-/m1/s1. The van der Waals surface area contributed by atoms with Crippen LogP contribution in [0.4, 0.5) is 0 Å². The minimum atomic E-state index is -3.60. The summed E-state index contributed by atoms with van der Waals surface area (Å²) >= 11 is 0. The first-order valence-electron chi connectivity index (χ1n) is 10.2. The molecule has 0 spiro atoms. The molecular formula is C20H31N3O4S. The zero-order chi connectivity index (χ0) is 20.0. The Balaban J connectivity index is 1.52. The number of sulfonamides is 1. The summed E-state index contributed by atoms with van der Waals surface area (Å²) in [6, 6.07) is 6.28. The minimum Gasteiger partial charge on any atom is -0.379 e. The Morgan fingerprint density at radius 3 is 2.79 bits per heavy atom. The van der Waals surface area contributed by atoms with E-state index in [1.54, 1.807) is 18.2 Å². The summed E-state index contributed by atoms with van der Waals surface area (Å²) in [5.41, 5.74) is 0.376. The van der Waals surface area contributed by atoms with E-state index in [4.69, 9.17) is 4.74 Å². The number of nitrogens with one attached hydrogen (secondary N) is 1. The van der Waals surface area contributed by atoms with Gasteiger partial charge in [0.25, 0.3) is 5.91 Å². The largest absolute Gasteiger partial charge is 0.379 e. The Kier molecular flexibility index (Phi) is 7.45. The third-order valence-electron chi connectivity index (χ3n) is 5.38. The zero-order valence-electron chi connectivity index (χ0n) is 16.6. The molecular weight excluding hydrogens is 378 g/mol. The molecule has 0 unspecified atom stereocenters. The number of carbonyl (C=O) groups is 1. The van der Waals surface area contributed by atoms with Gasteiger partial charge in [-0.1, -0.05) is 13.0 Å². The average molecular weight is 410 g/mol. The number of hydrogen-bond acceptors (Lipinski definition) is 5. The molecule has 2 fully saturated rings. The van der Waals surface area contributed by atoms with Crippen LogP contribution in [-0.4, -0.2) is 76.0 Å². The first kappa shape index (κ1) is 21.2. The van der Waals surface area contributed by atoms with Crippen LogP contribution in [0.15, 0.2) is 29.2 Å². The van der Waals surface area contributed by atoms with Crippen molar-refractivity contribution in [3.05, 3.63) is 29.8 Å². The van der Waals surface area contributed by atoms with Gasteiger partial charge in [0, 0.05) is 31.7 Å². The van der Waals surface area contributed by atoms with Crippen LogP contribution in [0.1, 0.15) is 36.5 Å². The molecule has 2 saturated heterocycles. The first-order valence-corrected chi connectivity index (χ1v) is 11.6. The lowest BCUT2D eigenvalue weighted by Gasteiger charge is -2.30. The predicted octanol–water partition coefficient (Wildman–Crippen LogP) is 1.56. The summed E-state index contributed by atoms with van der Waals surface area (Å²) < 4.78 is 32.1. The van der Waals surface area contributed by atoms with Crippen LogP contribution in [0, 0.1) is 5.92 Å². The normalized spacial score (nSPS) is 22.1. The summed E-state index contributed by atoms with van der Waals surface area (Å²) in [5, 5.41) is 2.91. The second-order valence-electron chi connectivity index (χ2n) is 7.70. The molecule has 0 bridgehead atoms. The van der Waals surface area contributed by atoms with Crippen molar-refractivity contribution in [2.24, 2.45) is 5.92 Å². The van der Waals surface area contributed by atoms with Crippen molar-refractivity contribution in [3.63, 3.8) is 0 Å². The van der Waals surface area contributed by atoms with E-state index in [-0.39, 0.29) is 10.8 Å². The van der Waals surface area contributed by atoms with Gasteiger partial charge in [0.2, 0.25) is 10.0 Å². The SMILES string of the molecule is C[C@@H]1CCCN(CCCNC(=O)c2cccc(S(=O)(=O)N3CCOCC3)c2)C1. The van der Waals surface area contributed by atoms with Crippen molar-refractivity contribution < 1.29 is 17.9 Å². The van der Waals surface area contributed by atoms with E-state index in [0.29, 0.717) is 38.4 Å². The van der Waals surface area contributed by atoms with Crippen LogP contribution in [0.3, 0.4) is 0 Å². The van der Waals surface area contributed by atoms with Crippen molar-refractivity contribution in [1.82, 2.24) is 14.5 Å². The molecule has 0 aromatic heterocycles. The molecule has 156 valence electrons. The molecule has 2 heterocycles. The van der Waals surface area contributed by atoms with Gasteiger partial charge in [-0.05, 0) is 56.5 Å². The third-order valence-corrected chi connectivity index (χ3v) is 7.28. The molecule has 2 aliphatic heterocycles. The van der Waals surface area contributed by atoms with Crippen LogP contribution >= 0.6 is 0 Å². The molecule has 1 atom stereocenters. The average Bonchev–Trinajstić information content (AvgIpc) is 2.72. The highest BCUT2D eigenvalue weighted by Gasteiger charge is 2.26. The monoisotopic (exact) mass is 409 g/mol. The topological polar surface area (TPSA) is 79.0 Å². The number of benzene rings is 1. The van der Waals surface area contributed by atoms with E-state index in [1.165, 1.54) is 23.2 Å². The lowest BCUT2D eigenvalue weighted by Crippen LogP contribution is -2.40. The van der Waals surface area contributed by atoms with E-state index in [9.17, 15) is 13.2 Å². The molecule has 1 amide bonds. The Morgan fingerprint density at radius 1 is 1.25 bits per heavy atom. The van der Waals surface area contributed by atoms with Crippen molar-refractivity contribution in [1.29, 1.82) is 0 Å². The number of morpholine rings is 1. The van der Waals surface area contributed by atoms with Crippen molar-refractivity contribution in [3.8, 4) is 0 Å². The fourth-order valence-corrected chi connectivity index (χ4v) is 5.28. The Labute approximate surface area is 168 Å². The van der Waals surface area contributed by atoms with Gasteiger partial charge in [-0.15, -0.1) is 0 Å². The van der Waals surface area contributed by atoms with Crippen LogP contribution in [0.2, 0.25) is 0 Å². The number of ether oxygens (including phenoxy) is 1. The summed E-state index contributed by atoms with van der Waals surface area (Å²) in [7, 11) is -3.60. The molecule has 0 aliphatic carbocycles. The highest BCUT2D eigenvalue weighted by molar-refractivity contribution is 7.89. The maximum absolute atomic E-state index is 12.8. The van der Waals surface area contributed by atoms with E-state index in [1.807, 2.05) is 0 Å². The summed E-state index contributed by atoms with van der Waals surface area (Å²) in [5.74, 6) is 0.519. The Morgan fingerprint density at radius 2 is 2.04 bits per heavy atom. The number of nitrogens with zero attached hydrogens (tertiary/aromatic N) is 2. The van der Waals surface area contributed by atoms with Gasteiger partial charge in [0.15, 0.2) is 0 Å². The van der Waals surface area contributed by atoms with Gasteiger partial charge in [-0.3, -0.25) is 4.79 Å². The van der Waals surface area contributed by atoms with Crippen molar-refractivity contribution in [2.45, 2.75) is 31.1 Å². The number of amides is 1. The van der Waals surface area contributed by atoms with Crippen LogP contribution in [0.5, 0.6) is 0 Å². The Bertz CT molecular complexity index is 762. The van der Waals surface area contributed by atoms with Crippen LogP contribution < -0.4 is 5.32 Å². The van der Waals surface area contributed by atoms with Gasteiger partial charge >= 0.3 is 0 Å². The van der Waals surface area contributed by atoms with Gasteiger partial charge in [0.1, 0.15) is 0 Å². The Hall–Kier alpha value is -1.48. The minimum absolute atomic E-state index is 0.157. The smallest absolute Gasteiger partial charge is 0.251 e. The molecule has 3 rings (SSSR count). The molecule has 8 heteroatoms. The van der Waals surface area contributed by atoms with Crippen LogP contribution in [-0.2, 0) is 14.8 Å². The molecule has 0 saturated carbocycles. The third kappa shape index (κ3) is 5.53. The summed E-state index contributed by atoms with van der Waals surface area (Å²) in [6.07, 6.45) is 3.44. The first-order chi connectivity index (χ1) is 13.5. The van der Waals surface area contributed by atoms with E-state index < -0.39 is 10.0 Å². The molecule has 1 aromatic rings. The number of rotatable bonds is 7. The molecule has 0 radical (unpaired) electrons. The quantitative estimate of drug-likeness (QED) is 0.692. The summed E-state index contributed by atoms with van der Waals surface area (Å²) in [6.45, 7) is 7.60. The second-order valence-corrected chi connectivity index (χ2v) is 9.64. The van der Waals surface area contributed by atoms with Gasteiger partial charge < -0.3 is 15.0 Å². The fraction of sp³-hybridized carbons (Fsp3) is 0.650. The van der Waals surface area contributed by atoms with E-state index in [0.717, 1.165) is 32.0 Å². The summed E-state index contributed by atoms with van der Waals surface area (Å²) in [4.78, 5) is 15.1. The van der Waals surface area contributed by atoms with E-state index in [2.05, 4.69) is 17.1 Å². The maximum atomic E-state index is 12.8. The predicted molar refractivity (Wildman–Crippen MR) is 108 cm³/mol. The lowest BCUT2D eigenvalue weighted by atomic mass is 10.0. The second kappa shape index (κ2) is 9.82. The highest BCUT2D eigenvalue weighted by atomic mass is 32.2. The lowest BCUT2D eigenvalue weighted by molar-refractivity contribution is 0.0730. The van der Waals surface area contributed by atoms with E-state index >= 15 is 0 Å². The van der Waals surface area contributed by atoms with Gasteiger partial charge in [0.05, 0.1) is 18.1 Å². The van der Waals surface area contributed by atoms with Gasteiger partial charge in [-0.2, -0.15) is 4.31 Å². The number of likely N-dealkylation sites (tertiary alicyclic amines) is 1. The fourth-order valence-electron chi connectivity index (χ4n) is 3.83. The number of piperidine rings is 1. The molecule has 7 nitrogen and oxygen atoms in total.